The molecule has 1 N–H and O–H groups in total. The molecule has 0 aliphatic rings. The number of hydrogen-bond acceptors (Lipinski definition) is 5. The Morgan fingerprint density at radius 3 is 2.77 bits per heavy atom. The monoisotopic (exact) mass is 306 g/mol. The van der Waals surface area contributed by atoms with Crippen molar-refractivity contribution in [3.63, 3.8) is 0 Å². The largest absolute Gasteiger partial charge is 0.480 e. The number of ether oxygens (including phenoxy) is 1. The third-order valence-electron chi connectivity index (χ3n) is 3.26. The lowest BCUT2D eigenvalue weighted by Crippen LogP contribution is -2.38. The van der Waals surface area contributed by atoms with E-state index in [4.69, 9.17) is 9.84 Å². The third-order valence-corrected chi connectivity index (χ3v) is 3.26. The quantitative estimate of drug-likeness (QED) is 0.835. The van der Waals surface area contributed by atoms with Crippen molar-refractivity contribution in [1.82, 2.24) is 19.5 Å². The summed E-state index contributed by atoms with van der Waals surface area (Å²) < 4.78 is 6.50. The number of fused-ring (bicyclic) bond motifs is 1. The number of carbonyl (C=O) groups excluding carboxylic acids is 1. The number of hydrogen-bond donors (Lipinski definition) is 1. The van der Waals surface area contributed by atoms with E-state index in [1.54, 1.807) is 17.5 Å². The Morgan fingerprint density at radius 2 is 2.14 bits per heavy atom. The number of carboxylic acids is 1. The highest BCUT2D eigenvalue weighted by Crippen LogP contribution is 2.13. The van der Waals surface area contributed by atoms with Crippen molar-refractivity contribution in [2.24, 2.45) is 0 Å². The van der Waals surface area contributed by atoms with Gasteiger partial charge in [0, 0.05) is 25.9 Å². The topological polar surface area (TPSA) is 97.0 Å². The van der Waals surface area contributed by atoms with Gasteiger partial charge in [-0.2, -0.15) is 5.10 Å². The molecule has 0 aromatic carbocycles. The first kappa shape index (κ1) is 15.9. The van der Waals surface area contributed by atoms with Crippen LogP contribution in [0, 0.1) is 13.8 Å². The Morgan fingerprint density at radius 1 is 1.41 bits per heavy atom. The predicted octanol–water partition coefficient (Wildman–Crippen LogP) is 0.519. The molecule has 2 aromatic heterocycles. The molecule has 0 fully saturated rings. The maximum atomic E-state index is 12.6. The molecule has 22 heavy (non-hydrogen) atoms. The number of carboxylic acid groups (broad SMARTS) is 1. The molecule has 2 heterocycles. The lowest BCUT2D eigenvalue weighted by molar-refractivity contribution is -0.137. The van der Waals surface area contributed by atoms with Crippen LogP contribution >= 0.6 is 0 Å². The smallest absolute Gasteiger partial charge is 0.323 e. The van der Waals surface area contributed by atoms with E-state index in [1.807, 2.05) is 6.92 Å². The SMILES string of the molecule is COCCN(CC(=O)O)C(=O)c1cnc2cc(C)nn2c1C. The minimum atomic E-state index is -1.08. The van der Waals surface area contributed by atoms with Crippen LogP contribution in [0.5, 0.6) is 0 Å². The molecule has 8 nitrogen and oxygen atoms in total. The normalized spacial score (nSPS) is 10.9. The molecular weight excluding hydrogens is 288 g/mol. The molecule has 0 aliphatic heterocycles. The lowest BCUT2D eigenvalue weighted by Gasteiger charge is -2.21. The van der Waals surface area contributed by atoms with Gasteiger partial charge in [0.2, 0.25) is 0 Å². The van der Waals surface area contributed by atoms with Crippen molar-refractivity contribution < 1.29 is 19.4 Å². The number of methoxy groups -OCH3 is 1. The molecule has 0 atom stereocenters. The minimum Gasteiger partial charge on any atom is -0.480 e. The predicted molar refractivity (Wildman–Crippen MR) is 77.9 cm³/mol. The molecule has 0 saturated heterocycles. The van der Waals surface area contributed by atoms with E-state index in [1.165, 1.54) is 18.2 Å². The summed E-state index contributed by atoms with van der Waals surface area (Å²) in [6, 6.07) is 1.81. The average molecular weight is 306 g/mol. The summed E-state index contributed by atoms with van der Waals surface area (Å²) in [4.78, 5) is 28.9. The number of carbonyl (C=O) groups is 2. The average Bonchev–Trinajstić information content (AvgIpc) is 2.84. The van der Waals surface area contributed by atoms with Crippen molar-refractivity contribution in [3.8, 4) is 0 Å². The van der Waals surface area contributed by atoms with Gasteiger partial charge >= 0.3 is 5.97 Å². The molecule has 2 rings (SSSR count). The first-order valence-corrected chi connectivity index (χ1v) is 6.76. The van der Waals surface area contributed by atoms with Crippen LogP contribution < -0.4 is 0 Å². The van der Waals surface area contributed by atoms with E-state index in [0.717, 1.165) is 5.69 Å². The van der Waals surface area contributed by atoms with E-state index in [9.17, 15) is 9.59 Å². The van der Waals surface area contributed by atoms with Crippen LogP contribution in [0.25, 0.3) is 5.65 Å². The summed E-state index contributed by atoms with van der Waals surface area (Å²) in [6.45, 7) is 3.65. The van der Waals surface area contributed by atoms with Crippen LogP contribution in [0.2, 0.25) is 0 Å². The fourth-order valence-electron chi connectivity index (χ4n) is 2.16. The van der Waals surface area contributed by atoms with Gasteiger partial charge in [0.25, 0.3) is 5.91 Å². The first-order chi connectivity index (χ1) is 10.4. The summed E-state index contributed by atoms with van der Waals surface area (Å²) in [6.07, 6.45) is 1.45. The highest BCUT2D eigenvalue weighted by molar-refractivity contribution is 5.96. The van der Waals surface area contributed by atoms with Gasteiger partial charge < -0.3 is 14.7 Å². The number of aryl methyl sites for hydroxylation is 2. The van der Waals surface area contributed by atoms with Crippen LogP contribution in [0.4, 0.5) is 0 Å². The number of nitrogens with zero attached hydrogens (tertiary/aromatic N) is 4. The van der Waals surface area contributed by atoms with Gasteiger partial charge in [-0.3, -0.25) is 9.59 Å². The van der Waals surface area contributed by atoms with Crippen molar-refractivity contribution in [2.45, 2.75) is 13.8 Å². The maximum Gasteiger partial charge on any atom is 0.323 e. The van der Waals surface area contributed by atoms with Gasteiger partial charge in [-0.25, -0.2) is 9.50 Å². The number of amides is 1. The highest BCUT2D eigenvalue weighted by Gasteiger charge is 2.22. The second-order valence-corrected chi connectivity index (χ2v) is 4.93. The van der Waals surface area contributed by atoms with Crippen molar-refractivity contribution >= 4 is 17.5 Å². The van der Waals surface area contributed by atoms with Crippen LogP contribution in [0.15, 0.2) is 12.3 Å². The Hall–Kier alpha value is -2.48. The molecule has 2 aromatic rings. The van der Waals surface area contributed by atoms with Gasteiger partial charge in [-0.15, -0.1) is 0 Å². The Labute approximate surface area is 127 Å². The van der Waals surface area contributed by atoms with E-state index in [2.05, 4.69) is 10.1 Å². The van der Waals surface area contributed by atoms with Crippen molar-refractivity contribution in [2.75, 3.05) is 26.8 Å². The van der Waals surface area contributed by atoms with E-state index < -0.39 is 18.4 Å². The second-order valence-electron chi connectivity index (χ2n) is 4.93. The van der Waals surface area contributed by atoms with Crippen LogP contribution in [0.1, 0.15) is 21.7 Å². The van der Waals surface area contributed by atoms with Gasteiger partial charge in [-0.1, -0.05) is 0 Å². The van der Waals surface area contributed by atoms with Crippen LogP contribution in [-0.2, 0) is 9.53 Å². The van der Waals surface area contributed by atoms with E-state index in [0.29, 0.717) is 16.9 Å². The zero-order valence-electron chi connectivity index (χ0n) is 12.7. The van der Waals surface area contributed by atoms with Gasteiger partial charge in [0.15, 0.2) is 5.65 Å². The molecule has 8 heteroatoms. The summed E-state index contributed by atoms with van der Waals surface area (Å²) in [5, 5.41) is 13.2. The molecular formula is C14H18N4O4. The molecule has 0 radical (unpaired) electrons. The number of aromatic nitrogens is 3. The molecule has 0 spiro atoms. The van der Waals surface area contributed by atoms with Gasteiger partial charge in [0.05, 0.1) is 23.6 Å². The maximum absolute atomic E-state index is 12.6. The molecule has 118 valence electrons. The van der Waals surface area contributed by atoms with E-state index >= 15 is 0 Å². The molecule has 0 saturated carbocycles. The third kappa shape index (κ3) is 3.22. The first-order valence-electron chi connectivity index (χ1n) is 6.76. The zero-order chi connectivity index (χ0) is 16.3. The molecule has 0 bridgehead atoms. The summed E-state index contributed by atoms with van der Waals surface area (Å²) in [7, 11) is 1.49. The number of aliphatic carboxylic acids is 1. The van der Waals surface area contributed by atoms with Gasteiger partial charge in [-0.05, 0) is 13.8 Å². The summed E-state index contributed by atoms with van der Waals surface area (Å²) in [5.41, 5.74) is 2.39. The van der Waals surface area contributed by atoms with Crippen molar-refractivity contribution in [1.29, 1.82) is 0 Å². The minimum absolute atomic E-state index is 0.192. The molecule has 1 amide bonds. The van der Waals surface area contributed by atoms with Crippen LogP contribution in [0.3, 0.4) is 0 Å². The van der Waals surface area contributed by atoms with Crippen molar-refractivity contribution in [3.05, 3.63) is 29.2 Å². The fourth-order valence-corrected chi connectivity index (χ4v) is 2.16. The van der Waals surface area contributed by atoms with Crippen LogP contribution in [-0.4, -0.2) is 63.3 Å². The highest BCUT2D eigenvalue weighted by atomic mass is 16.5. The van der Waals surface area contributed by atoms with Gasteiger partial charge in [0.1, 0.15) is 6.54 Å². The second kappa shape index (κ2) is 6.52. The fraction of sp³-hybridized carbons (Fsp3) is 0.429. The standard InChI is InChI=1S/C14H18N4O4/c1-9-6-12-15-7-11(10(2)18(12)16-9)14(21)17(4-5-22-3)8-13(19)20/h6-7H,4-5,8H2,1-3H3,(H,19,20). The Bertz CT molecular complexity index is 710. The zero-order valence-corrected chi connectivity index (χ0v) is 12.7. The lowest BCUT2D eigenvalue weighted by atomic mass is 10.2. The molecule has 0 aliphatic carbocycles. The Balaban J connectivity index is 2.36. The Kier molecular flexibility index (Phi) is 4.71. The number of rotatable bonds is 6. The van der Waals surface area contributed by atoms with E-state index in [-0.39, 0.29) is 13.2 Å². The summed E-state index contributed by atoms with van der Waals surface area (Å²) in [5.74, 6) is -1.48. The summed E-state index contributed by atoms with van der Waals surface area (Å²) >= 11 is 0. The molecule has 0 unspecified atom stereocenters.